The van der Waals surface area contributed by atoms with Gasteiger partial charge in [-0.25, -0.2) is 4.79 Å². The maximum atomic E-state index is 12.0. The first-order valence-corrected chi connectivity index (χ1v) is 8.65. The third-order valence-electron chi connectivity index (χ3n) is 3.01. The zero-order valence-electron chi connectivity index (χ0n) is 13.0. The van der Waals surface area contributed by atoms with Gasteiger partial charge in [0, 0.05) is 22.9 Å². The average Bonchev–Trinajstić information content (AvgIpc) is 2.62. The number of nitrogens with one attached hydrogen (secondary N) is 2. The lowest BCUT2D eigenvalue weighted by molar-refractivity contribution is 0.252. The highest BCUT2D eigenvalue weighted by Crippen LogP contribution is 2.15. The number of benzene rings is 2. The number of anilines is 1. The van der Waals surface area contributed by atoms with Gasteiger partial charge in [-0.05, 0) is 36.4 Å². The van der Waals surface area contributed by atoms with Gasteiger partial charge >= 0.3 is 6.03 Å². The Balaban J connectivity index is 1.73. The summed E-state index contributed by atoms with van der Waals surface area (Å²) in [5.74, 6) is 3.37. The largest absolute Gasteiger partial charge is 0.481 e. The Kier molecular flexibility index (Phi) is 6.87. The molecule has 0 saturated carbocycles. The third-order valence-corrected chi connectivity index (χ3v) is 4.39. The summed E-state index contributed by atoms with van der Waals surface area (Å²) in [5, 5.41) is 5.37. The van der Waals surface area contributed by atoms with E-state index in [1.165, 1.54) is 0 Å². The predicted molar refractivity (Wildman–Crippen MR) is 95.5 cm³/mol. The van der Waals surface area contributed by atoms with Crippen molar-refractivity contribution in [2.75, 3.05) is 24.2 Å². The molecule has 0 radical (unpaired) electrons. The topological polar surface area (TPSA) is 67.4 Å². The summed E-state index contributed by atoms with van der Waals surface area (Å²) < 4.78 is 17.3. The van der Waals surface area contributed by atoms with Crippen molar-refractivity contribution in [1.29, 1.82) is 0 Å². The van der Waals surface area contributed by atoms with Crippen LogP contribution in [0.4, 0.5) is 10.5 Å². The fourth-order valence-electron chi connectivity index (χ4n) is 1.88. The van der Waals surface area contributed by atoms with Crippen molar-refractivity contribution in [3.8, 4) is 18.1 Å². The van der Waals surface area contributed by atoms with Gasteiger partial charge in [0.2, 0.25) is 0 Å². The first-order valence-electron chi connectivity index (χ1n) is 7.33. The highest BCUT2D eigenvalue weighted by molar-refractivity contribution is 7.85. The molecule has 5 nitrogen and oxygen atoms in total. The number of urea groups is 1. The molecule has 0 fully saturated rings. The first kappa shape index (κ1) is 17.6. The smallest absolute Gasteiger partial charge is 0.319 e. The summed E-state index contributed by atoms with van der Waals surface area (Å²) in [4.78, 5) is 12.6. The van der Waals surface area contributed by atoms with E-state index in [1.54, 1.807) is 36.4 Å². The summed E-state index contributed by atoms with van der Waals surface area (Å²) in [7, 11) is -1.13. The van der Waals surface area contributed by atoms with Crippen molar-refractivity contribution in [2.45, 2.75) is 4.90 Å². The van der Waals surface area contributed by atoms with Crippen LogP contribution in [0.15, 0.2) is 59.5 Å². The van der Waals surface area contributed by atoms with E-state index in [9.17, 15) is 9.00 Å². The number of rotatable bonds is 7. The van der Waals surface area contributed by atoms with Crippen LogP contribution in [0.1, 0.15) is 0 Å². The van der Waals surface area contributed by atoms with Gasteiger partial charge in [0.05, 0.1) is 10.8 Å². The minimum absolute atomic E-state index is 0.200. The first-order chi connectivity index (χ1) is 11.7. The third kappa shape index (κ3) is 5.78. The Hall–Kier alpha value is -2.78. The molecule has 24 heavy (non-hydrogen) atoms. The second-order valence-electron chi connectivity index (χ2n) is 4.76. The number of terminal acetylenes is 1. The molecule has 0 aliphatic carbocycles. The Morgan fingerprint density at radius 3 is 2.50 bits per heavy atom. The van der Waals surface area contributed by atoms with Crippen LogP contribution < -0.4 is 15.4 Å². The Morgan fingerprint density at radius 1 is 1.12 bits per heavy atom. The highest BCUT2D eigenvalue weighted by atomic mass is 32.2. The number of ether oxygens (including phenoxy) is 1. The van der Waals surface area contributed by atoms with Crippen LogP contribution in [-0.2, 0) is 10.8 Å². The van der Waals surface area contributed by atoms with Gasteiger partial charge in [0.1, 0.15) is 12.4 Å². The molecule has 0 aliphatic rings. The van der Waals surface area contributed by atoms with Crippen LogP contribution >= 0.6 is 0 Å². The molecule has 0 aliphatic heterocycles. The SMILES string of the molecule is C#CCOc1ccc(NC(=O)NCCS(=O)c2ccccc2)cc1. The summed E-state index contributed by atoms with van der Waals surface area (Å²) >= 11 is 0. The van der Waals surface area contributed by atoms with E-state index >= 15 is 0 Å². The van der Waals surface area contributed by atoms with Gasteiger partial charge in [0.15, 0.2) is 0 Å². The van der Waals surface area contributed by atoms with E-state index in [2.05, 4.69) is 16.6 Å². The molecule has 0 heterocycles. The van der Waals surface area contributed by atoms with E-state index in [0.29, 0.717) is 23.7 Å². The Morgan fingerprint density at radius 2 is 1.83 bits per heavy atom. The molecule has 2 aromatic rings. The van der Waals surface area contributed by atoms with Crippen molar-refractivity contribution in [2.24, 2.45) is 0 Å². The summed E-state index contributed by atoms with van der Waals surface area (Å²) in [6.07, 6.45) is 5.12. The predicted octanol–water partition coefficient (Wildman–Crippen LogP) is 2.63. The molecular formula is C18H18N2O3S. The van der Waals surface area contributed by atoms with Gasteiger partial charge in [-0.3, -0.25) is 4.21 Å². The Bertz CT molecular complexity index is 724. The van der Waals surface area contributed by atoms with E-state index in [4.69, 9.17) is 11.2 Å². The van der Waals surface area contributed by atoms with Crippen LogP contribution in [0.25, 0.3) is 0 Å². The molecule has 0 aromatic heterocycles. The molecule has 2 aromatic carbocycles. The van der Waals surface area contributed by atoms with Crippen molar-refractivity contribution in [3.05, 3.63) is 54.6 Å². The molecule has 0 bridgehead atoms. The molecule has 1 atom stereocenters. The zero-order chi connectivity index (χ0) is 17.2. The molecular weight excluding hydrogens is 324 g/mol. The van der Waals surface area contributed by atoms with Gasteiger partial charge < -0.3 is 15.4 Å². The van der Waals surface area contributed by atoms with Crippen molar-refractivity contribution >= 4 is 22.5 Å². The van der Waals surface area contributed by atoms with Crippen LogP contribution in [0.5, 0.6) is 5.75 Å². The molecule has 2 amide bonds. The molecule has 6 heteroatoms. The van der Waals surface area contributed by atoms with Gasteiger partial charge in [0.25, 0.3) is 0 Å². The molecule has 0 saturated heterocycles. The molecule has 2 rings (SSSR count). The number of carbonyl (C=O) groups is 1. The Labute approximate surface area is 143 Å². The summed E-state index contributed by atoms with van der Waals surface area (Å²) in [6, 6.07) is 15.7. The van der Waals surface area contributed by atoms with E-state index in [0.717, 1.165) is 4.90 Å². The van der Waals surface area contributed by atoms with Gasteiger partial charge in [-0.15, -0.1) is 6.42 Å². The fourth-order valence-corrected chi connectivity index (χ4v) is 2.87. The number of hydrogen-bond acceptors (Lipinski definition) is 3. The summed E-state index contributed by atoms with van der Waals surface area (Å²) in [6.45, 7) is 0.516. The lowest BCUT2D eigenvalue weighted by atomic mass is 10.3. The summed E-state index contributed by atoms with van der Waals surface area (Å²) in [5.41, 5.74) is 0.629. The van der Waals surface area contributed by atoms with E-state index < -0.39 is 10.8 Å². The van der Waals surface area contributed by atoms with Crippen LogP contribution in [0.3, 0.4) is 0 Å². The minimum Gasteiger partial charge on any atom is -0.481 e. The molecule has 2 N–H and O–H groups in total. The fraction of sp³-hybridized carbons (Fsp3) is 0.167. The lowest BCUT2D eigenvalue weighted by Gasteiger charge is -2.08. The average molecular weight is 342 g/mol. The molecule has 0 spiro atoms. The highest BCUT2D eigenvalue weighted by Gasteiger charge is 2.05. The number of amides is 2. The maximum absolute atomic E-state index is 12.0. The molecule has 124 valence electrons. The van der Waals surface area contributed by atoms with Crippen molar-refractivity contribution < 1.29 is 13.7 Å². The van der Waals surface area contributed by atoms with E-state index in [1.807, 2.05) is 18.2 Å². The number of carbonyl (C=O) groups excluding carboxylic acids is 1. The second-order valence-corrected chi connectivity index (χ2v) is 6.33. The second kappa shape index (κ2) is 9.38. The quantitative estimate of drug-likeness (QED) is 0.760. The van der Waals surface area contributed by atoms with Gasteiger partial charge in [-0.2, -0.15) is 0 Å². The zero-order valence-corrected chi connectivity index (χ0v) is 13.8. The van der Waals surface area contributed by atoms with E-state index in [-0.39, 0.29) is 12.6 Å². The minimum atomic E-state index is -1.13. The lowest BCUT2D eigenvalue weighted by Crippen LogP contribution is -2.31. The van der Waals surface area contributed by atoms with Crippen molar-refractivity contribution in [1.82, 2.24) is 5.32 Å². The van der Waals surface area contributed by atoms with Crippen molar-refractivity contribution in [3.63, 3.8) is 0 Å². The molecule has 1 unspecified atom stereocenters. The normalized spacial score (nSPS) is 11.1. The maximum Gasteiger partial charge on any atom is 0.319 e. The standard InChI is InChI=1S/C18H18N2O3S/c1-2-13-23-16-10-8-15(9-11-16)20-18(21)19-12-14-24(22)17-6-4-3-5-7-17/h1,3-11H,12-14H2,(H2,19,20,21). The van der Waals surface area contributed by atoms with Crippen LogP contribution in [-0.4, -0.2) is 29.1 Å². The van der Waals surface area contributed by atoms with Crippen LogP contribution in [0.2, 0.25) is 0 Å². The monoisotopic (exact) mass is 342 g/mol. The van der Waals surface area contributed by atoms with Gasteiger partial charge in [-0.1, -0.05) is 24.1 Å². The van der Waals surface area contributed by atoms with Crippen LogP contribution in [0, 0.1) is 12.3 Å². The number of hydrogen-bond donors (Lipinski definition) is 2.